The summed E-state index contributed by atoms with van der Waals surface area (Å²) in [6.07, 6.45) is 15.9. The highest BCUT2D eigenvalue weighted by Gasteiger charge is 2.23. The minimum atomic E-state index is 0.822. The summed E-state index contributed by atoms with van der Waals surface area (Å²) in [5, 5.41) is 3.76. The molecule has 0 aromatic heterocycles. The van der Waals surface area contributed by atoms with Crippen molar-refractivity contribution in [2.45, 2.75) is 77.2 Å². The van der Waals surface area contributed by atoms with Crippen molar-refractivity contribution >= 4 is 0 Å². The molecule has 0 heterocycles. The molecule has 0 amide bonds. The van der Waals surface area contributed by atoms with Gasteiger partial charge in [0, 0.05) is 6.04 Å². The average molecular weight is 237 g/mol. The predicted molar refractivity (Wildman–Crippen MR) is 77.3 cm³/mol. The molecule has 1 aliphatic carbocycles. The van der Waals surface area contributed by atoms with Crippen LogP contribution in [0, 0.1) is 5.92 Å². The van der Waals surface area contributed by atoms with Gasteiger partial charge in [-0.25, -0.2) is 0 Å². The van der Waals surface area contributed by atoms with Crippen molar-refractivity contribution in [3.8, 4) is 0 Å². The Morgan fingerprint density at radius 2 is 2.00 bits per heavy atom. The average Bonchev–Trinajstić information content (AvgIpc) is 2.37. The van der Waals surface area contributed by atoms with Crippen LogP contribution in [0.1, 0.15) is 71.1 Å². The van der Waals surface area contributed by atoms with Crippen LogP contribution in [0.3, 0.4) is 0 Å². The van der Waals surface area contributed by atoms with Gasteiger partial charge in [0.15, 0.2) is 0 Å². The monoisotopic (exact) mass is 237 g/mol. The first-order valence-corrected chi connectivity index (χ1v) is 7.72. The molecule has 0 aromatic rings. The van der Waals surface area contributed by atoms with Crippen LogP contribution in [0.25, 0.3) is 0 Å². The molecule has 1 saturated carbocycles. The molecule has 1 heteroatoms. The number of unbranched alkanes of at least 4 members (excludes halogenated alkanes) is 3. The van der Waals surface area contributed by atoms with E-state index < -0.39 is 0 Å². The Morgan fingerprint density at radius 3 is 2.76 bits per heavy atom. The number of rotatable bonds is 9. The molecule has 2 atom stereocenters. The fraction of sp³-hybridized carbons (Fsp3) is 0.875. The number of hydrogen-bond acceptors (Lipinski definition) is 1. The van der Waals surface area contributed by atoms with Gasteiger partial charge in [-0.15, -0.1) is 6.58 Å². The Balaban J connectivity index is 2.15. The van der Waals surface area contributed by atoms with E-state index in [1.807, 2.05) is 6.08 Å². The number of allylic oxidation sites excluding steroid dienone is 1. The molecule has 1 fully saturated rings. The van der Waals surface area contributed by atoms with E-state index in [-0.39, 0.29) is 0 Å². The Morgan fingerprint density at radius 1 is 1.18 bits per heavy atom. The quantitative estimate of drug-likeness (QED) is 0.453. The lowest BCUT2D eigenvalue weighted by molar-refractivity contribution is 0.244. The maximum Gasteiger partial charge on any atom is 0.00953 e. The van der Waals surface area contributed by atoms with Crippen LogP contribution in [-0.2, 0) is 0 Å². The third-order valence-corrected chi connectivity index (χ3v) is 4.05. The first kappa shape index (κ1) is 14.8. The van der Waals surface area contributed by atoms with E-state index in [1.165, 1.54) is 70.8 Å². The van der Waals surface area contributed by atoms with E-state index >= 15 is 0 Å². The van der Waals surface area contributed by atoms with Gasteiger partial charge in [0.1, 0.15) is 0 Å². The minimum absolute atomic E-state index is 0.822. The summed E-state index contributed by atoms with van der Waals surface area (Å²) in [7, 11) is 0. The van der Waals surface area contributed by atoms with Crippen LogP contribution in [0.15, 0.2) is 12.7 Å². The van der Waals surface area contributed by atoms with Gasteiger partial charge < -0.3 is 5.32 Å². The summed E-state index contributed by atoms with van der Waals surface area (Å²) in [6.45, 7) is 7.25. The fourth-order valence-electron chi connectivity index (χ4n) is 3.02. The molecule has 2 unspecified atom stereocenters. The van der Waals surface area contributed by atoms with Gasteiger partial charge in [-0.1, -0.05) is 38.7 Å². The second-order valence-electron chi connectivity index (χ2n) is 5.53. The van der Waals surface area contributed by atoms with Gasteiger partial charge in [0.2, 0.25) is 0 Å². The second-order valence-corrected chi connectivity index (χ2v) is 5.53. The van der Waals surface area contributed by atoms with E-state index in [0.29, 0.717) is 0 Å². The molecule has 0 aromatic carbocycles. The number of hydrogen-bond donors (Lipinski definition) is 1. The molecule has 1 nitrogen and oxygen atoms in total. The van der Waals surface area contributed by atoms with E-state index in [1.54, 1.807) is 0 Å². The van der Waals surface area contributed by atoms with E-state index in [9.17, 15) is 0 Å². The zero-order valence-corrected chi connectivity index (χ0v) is 11.7. The maximum absolute atomic E-state index is 3.78. The molecule has 0 bridgehead atoms. The van der Waals surface area contributed by atoms with Gasteiger partial charge in [-0.3, -0.25) is 0 Å². The molecule has 17 heavy (non-hydrogen) atoms. The predicted octanol–water partition coefficient (Wildman–Crippen LogP) is 4.68. The molecular weight excluding hydrogens is 206 g/mol. The zero-order valence-electron chi connectivity index (χ0n) is 11.7. The van der Waals surface area contributed by atoms with Gasteiger partial charge >= 0.3 is 0 Å². The maximum atomic E-state index is 3.78. The third kappa shape index (κ3) is 6.26. The molecular formula is C16H31N. The fourth-order valence-corrected chi connectivity index (χ4v) is 3.02. The first-order chi connectivity index (χ1) is 8.38. The summed E-state index contributed by atoms with van der Waals surface area (Å²) in [5.74, 6) is 0.957. The summed E-state index contributed by atoms with van der Waals surface area (Å²) in [5.41, 5.74) is 0. The number of nitrogens with one attached hydrogen (secondary N) is 1. The molecule has 0 aliphatic heterocycles. The third-order valence-electron chi connectivity index (χ3n) is 4.05. The van der Waals surface area contributed by atoms with Crippen LogP contribution in [0.4, 0.5) is 0 Å². The highest BCUT2D eigenvalue weighted by molar-refractivity contribution is 4.80. The summed E-state index contributed by atoms with van der Waals surface area (Å²) < 4.78 is 0. The Bertz CT molecular complexity index is 188. The van der Waals surface area contributed by atoms with Crippen molar-refractivity contribution in [1.29, 1.82) is 0 Å². The van der Waals surface area contributed by atoms with Crippen LogP contribution in [0.2, 0.25) is 0 Å². The SMILES string of the molecule is C=CCCCCCC1CCCCC1NCCC. The van der Waals surface area contributed by atoms with Crippen molar-refractivity contribution in [2.75, 3.05) is 6.54 Å². The van der Waals surface area contributed by atoms with Gasteiger partial charge in [-0.05, 0) is 51.0 Å². The highest BCUT2D eigenvalue weighted by Crippen LogP contribution is 2.28. The zero-order chi connectivity index (χ0) is 12.3. The molecule has 100 valence electrons. The molecule has 0 spiro atoms. The minimum Gasteiger partial charge on any atom is -0.314 e. The largest absolute Gasteiger partial charge is 0.314 e. The lowest BCUT2D eigenvalue weighted by Crippen LogP contribution is -2.38. The van der Waals surface area contributed by atoms with Crippen molar-refractivity contribution < 1.29 is 0 Å². The van der Waals surface area contributed by atoms with Crippen molar-refractivity contribution in [2.24, 2.45) is 5.92 Å². The summed E-state index contributed by atoms with van der Waals surface area (Å²) in [4.78, 5) is 0. The van der Waals surface area contributed by atoms with E-state index in [2.05, 4.69) is 18.8 Å². The summed E-state index contributed by atoms with van der Waals surface area (Å²) >= 11 is 0. The molecule has 1 N–H and O–H groups in total. The standard InChI is InChI=1S/C16H31N/c1-3-5-6-7-8-11-15-12-9-10-13-16(15)17-14-4-2/h3,15-17H,1,4-14H2,2H3. The Labute approximate surface area is 108 Å². The van der Waals surface area contributed by atoms with Gasteiger partial charge in [0.25, 0.3) is 0 Å². The lowest BCUT2D eigenvalue weighted by atomic mass is 9.81. The van der Waals surface area contributed by atoms with Gasteiger partial charge in [0.05, 0.1) is 0 Å². The molecule has 1 aliphatic rings. The van der Waals surface area contributed by atoms with Crippen LogP contribution in [-0.4, -0.2) is 12.6 Å². The smallest absolute Gasteiger partial charge is 0.00953 e. The van der Waals surface area contributed by atoms with Crippen LogP contribution >= 0.6 is 0 Å². The lowest BCUT2D eigenvalue weighted by Gasteiger charge is -2.32. The molecule has 1 rings (SSSR count). The van der Waals surface area contributed by atoms with Gasteiger partial charge in [-0.2, -0.15) is 0 Å². The molecule has 0 saturated heterocycles. The van der Waals surface area contributed by atoms with E-state index in [0.717, 1.165) is 12.0 Å². The first-order valence-electron chi connectivity index (χ1n) is 7.72. The topological polar surface area (TPSA) is 12.0 Å². The van der Waals surface area contributed by atoms with Crippen molar-refractivity contribution in [1.82, 2.24) is 5.32 Å². The van der Waals surface area contributed by atoms with Crippen molar-refractivity contribution in [3.05, 3.63) is 12.7 Å². The normalized spacial score (nSPS) is 24.8. The van der Waals surface area contributed by atoms with Crippen molar-refractivity contribution in [3.63, 3.8) is 0 Å². The summed E-state index contributed by atoms with van der Waals surface area (Å²) in [6, 6.07) is 0.822. The highest BCUT2D eigenvalue weighted by atomic mass is 14.9. The van der Waals surface area contributed by atoms with Crippen LogP contribution < -0.4 is 5.32 Å². The van der Waals surface area contributed by atoms with E-state index in [4.69, 9.17) is 0 Å². The second kappa shape index (κ2) is 9.70. The molecule has 0 radical (unpaired) electrons. The Kier molecular flexibility index (Phi) is 8.42. The van der Waals surface area contributed by atoms with Crippen LogP contribution in [0.5, 0.6) is 0 Å². The Hall–Kier alpha value is -0.300.